The number of amides is 2. The normalized spacial score (nSPS) is 17.5. The van der Waals surface area contributed by atoms with Crippen molar-refractivity contribution in [2.75, 3.05) is 20.3 Å². The van der Waals surface area contributed by atoms with Crippen LogP contribution in [-0.2, 0) is 9.53 Å². The van der Waals surface area contributed by atoms with Crippen LogP contribution in [-0.4, -0.2) is 43.2 Å². The molecule has 0 spiro atoms. The fourth-order valence-electron chi connectivity index (χ4n) is 2.52. The zero-order chi connectivity index (χ0) is 16.8. The van der Waals surface area contributed by atoms with Crippen LogP contribution in [0.4, 0.5) is 4.79 Å². The fraction of sp³-hybridized carbons (Fsp3) is 0.375. The minimum atomic E-state index is -0.497. The summed E-state index contributed by atoms with van der Waals surface area (Å²) in [6.07, 6.45) is 4.52. The highest BCUT2D eigenvalue weighted by molar-refractivity contribution is 6.30. The molecule has 2 amide bonds. The van der Waals surface area contributed by atoms with Crippen molar-refractivity contribution in [1.82, 2.24) is 4.90 Å². The molecule has 1 aliphatic heterocycles. The third kappa shape index (κ3) is 4.63. The van der Waals surface area contributed by atoms with Crippen LogP contribution in [0.5, 0.6) is 5.75 Å². The number of methoxy groups -OCH3 is 1. The first kappa shape index (κ1) is 17.1. The van der Waals surface area contributed by atoms with E-state index in [1.54, 1.807) is 24.3 Å². The monoisotopic (exact) mass is 338 g/mol. The van der Waals surface area contributed by atoms with Crippen LogP contribution >= 0.6 is 11.6 Å². The number of rotatable bonds is 5. The quantitative estimate of drug-likeness (QED) is 0.660. The molecule has 2 rings (SSSR count). The number of carbonyl (C=O) groups excluding carboxylic acids is 2. The van der Waals surface area contributed by atoms with Gasteiger partial charge in [0.2, 0.25) is 0 Å². The lowest BCUT2D eigenvalue weighted by molar-refractivity contribution is -0.138. The third-order valence-electron chi connectivity index (χ3n) is 3.67. The number of nitrogens with two attached hydrogens (primary N) is 1. The molecule has 6 nitrogen and oxygen atoms in total. The molecule has 0 unspecified atom stereocenters. The van der Waals surface area contributed by atoms with Gasteiger partial charge < -0.3 is 20.1 Å². The largest absolute Gasteiger partial charge is 0.496 e. The highest BCUT2D eigenvalue weighted by Crippen LogP contribution is 2.24. The van der Waals surface area contributed by atoms with Gasteiger partial charge in [-0.1, -0.05) is 11.6 Å². The predicted octanol–water partition coefficient (Wildman–Crippen LogP) is 2.45. The lowest BCUT2D eigenvalue weighted by atomic mass is 10.2. The first-order valence-electron chi connectivity index (χ1n) is 7.25. The summed E-state index contributed by atoms with van der Waals surface area (Å²) in [6.45, 7) is 0.742. The van der Waals surface area contributed by atoms with E-state index in [0.717, 1.165) is 12.8 Å². The van der Waals surface area contributed by atoms with Gasteiger partial charge in [-0.2, -0.15) is 0 Å². The number of primary amides is 1. The van der Waals surface area contributed by atoms with E-state index in [1.807, 2.05) is 0 Å². The van der Waals surface area contributed by atoms with Gasteiger partial charge in [-0.05, 0) is 37.1 Å². The Bertz CT molecular complexity index is 618. The van der Waals surface area contributed by atoms with Gasteiger partial charge in [0, 0.05) is 23.2 Å². The number of esters is 1. The lowest BCUT2D eigenvalue weighted by Gasteiger charge is -2.21. The fourth-order valence-corrected chi connectivity index (χ4v) is 2.70. The Kier molecular flexibility index (Phi) is 5.87. The van der Waals surface area contributed by atoms with Crippen molar-refractivity contribution in [2.45, 2.75) is 18.9 Å². The first-order chi connectivity index (χ1) is 11.0. The summed E-state index contributed by atoms with van der Waals surface area (Å²) in [5.74, 6) is 0.109. The van der Waals surface area contributed by atoms with Crippen LogP contribution < -0.4 is 10.5 Å². The van der Waals surface area contributed by atoms with E-state index < -0.39 is 12.0 Å². The predicted molar refractivity (Wildman–Crippen MR) is 87.3 cm³/mol. The smallest absolute Gasteiger partial charge is 0.330 e. The van der Waals surface area contributed by atoms with Crippen molar-refractivity contribution in [3.05, 3.63) is 34.9 Å². The van der Waals surface area contributed by atoms with E-state index in [9.17, 15) is 9.59 Å². The van der Waals surface area contributed by atoms with Crippen molar-refractivity contribution in [1.29, 1.82) is 0 Å². The van der Waals surface area contributed by atoms with Gasteiger partial charge in [-0.15, -0.1) is 0 Å². The van der Waals surface area contributed by atoms with Crippen molar-refractivity contribution < 1.29 is 19.1 Å². The van der Waals surface area contributed by atoms with Gasteiger partial charge in [-0.3, -0.25) is 0 Å². The molecule has 1 atom stereocenters. The molecule has 7 heteroatoms. The molecule has 23 heavy (non-hydrogen) atoms. The Morgan fingerprint density at radius 2 is 2.26 bits per heavy atom. The maximum atomic E-state index is 11.8. The van der Waals surface area contributed by atoms with Gasteiger partial charge >= 0.3 is 12.0 Å². The Balaban J connectivity index is 1.92. The SMILES string of the molecule is COc1ccc(Cl)cc1/C=C/C(=O)OC[C@H]1CCCN1C(N)=O. The molecule has 0 aliphatic carbocycles. The standard InChI is InChI=1S/C16H19ClN2O4/c1-22-14-6-5-12(17)9-11(14)4-7-15(20)23-10-13-3-2-8-19(13)16(18)21/h4-7,9,13H,2-3,8,10H2,1H3,(H2,18,21)/b7-4+/t13-/m1/s1. The van der Waals surface area contributed by atoms with Crippen LogP contribution in [0.1, 0.15) is 18.4 Å². The van der Waals surface area contributed by atoms with Crippen LogP contribution in [0.3, 0.4) is 0 Å². The Hall–Kier alpha value is -2.21. The number of benzene rings is 1. The number of likely N-dealkylation sites (tertiary alicyclic amines) is 1. The molecule has 1 aliphatic rings. The number of nitrogens with zero attached hydrogens (tertiary/aromatic N) is 1. The molecule has 2 N–H and O–H groups in total. The summed E-state index contributed by atoms with van der Waals surface area (Å²) in [6, 6.07) is 4.48. The maximum Gasteiger partial charge on any atom is 0.330 e. The number of hydrogen-bond donors (Lipinski definition) is 1. The van der Waals surface area contributed by atoms with E-state index in [0.29, 0.717) is 22.9 Å². The Morgan fingerprint density at radius 3 is 2.96 bits per heavy atom. The number of carbonyl (C=O) groups is 2. The van der Waals surface area contributed by atoms with Crippen LogP contribution in [0.25, 0.3) is 6.08 Å². The van der Waals surface area contributed by atoms with Crippen molar-refractivity contribution in [2.24, 2.45) is 5.73 Å². The van der Waals surface area contributed by atoms with Gasteiger partial charge in [0.1, 0.15) is 12.4 Å². The van der Waals surface area contributed by atoms with Gasteiger partial charge in [-0.25, -0.2) is 9.59 Å². The molecule has 0 radical (unpaired) electrons. The molecule has 124 valence electrons. The number of hydrogen-bond acceptors (Lipinski definition) is 4. The third-order valence-corrected chi connectivity index (χ3v) is 3.90. The van der Waals surface area contributed by atoms with Gasteiger partial charge in [0.15, 0.2) is 0 Å². The van der Waals surface area contributed by atoms with Gasteiger partial charge in [0.05, 0.1) is 13.2 Å². The van der Waals surface area contributed by atoms with E-state index in [2.05, 4.69) is 0 Å². The molecular formula is C16H19ClN2O4. The van der Waals surface area contributed by atoms with Crippen LogP contribution in [0.15, 0.2) is 24.3 Å². The summed E-state index contributed by atoms with van der Waals surface area (Å²) < 4.78 is 10.4. The van der Waals surface area contributed by atoms with E-state index >= 15 is 0 Å². The molecule has 1 aromatic rings. The van der Waals surface area contributed by atoms with Crippen molar-refractivity contribution >= 4 is 29.7 Å². The van der Waals surface area contributed by atoms with Crippen molar-refractivity contribution in [3.8, 4) is 5.75 Å². The molecule has 1 fully saturated rings. The zero-order valence-electron chi connectivity index (χ0n) is 12.8. The molecule has 1 heterocycles. The molecule has 0 saturated carbocycles. The van der Waals surface area contributed by atoms with Crippen molar-refractivity contribution in [3.63, 3.8) is 0 Å². The number of halogens is 1. The molecule has 0 bridgehead atoms. The maximum absolute atomic E-state index is 11.8. The minimum absolute atomic E-state index is 0.138. The summed E-state index contributed by atoms with van der Waals surface area (Å²) in [7, 11) is 1.54. The second-order valence-electron chi connectivity index (χ2n) is 5.18. The Morgan fingerprint density at radius 1 is 1.48 bits per heavy atom. The number of urea groups is 1. The van der Waals surface area contributed by atoms with E-state index in [-0.39, 0.29) is 12.6 Å². The average molecular weight is 339 g/mol. The number of ether oxygens (including phenoxy) is 2. The van der Waals surface area contributed by atoms with Crippen LogP contribution in [0, 0.1) is 0 Å². The molecule has 1 saturated heterocycles. The van der Waals surface area contributed by atoms with Crippen LogP contribution in [0.2, 0.25) is 5.02 Å². The molecule has 1 aromatic carbocycles. The van der Waals surface area contributed by atoms with E-state index in [4.69, 9.17) is 26.8 Å². The second kappa shape index (κ2) is 7.87. The lowest BCUT2D eigenvalue weighted by Crippen LogP contribution is -2.41. The zero-order valence-corrected chi connectivity index (χ0v) is 13.6. The summed E-state index contributed by atoms with van der Waals surface area (Å²) in [5.41, 5.74) is 5.96. The van der Waals surface area contributed by atoms with E-state index in [1.165, 1.54) is 18.1 Å². The second-order valence-corrected chi connectivity index (χ2v) is 5.61. The Labute approximate surface area is 139 Å². The summed E-state index contributed by atoms with van der Waals surface area (Å²) in [5, 5.41) is 0.543. The topological polar surface area (TPSA) is 81.9 Å². The molecule has 0 aromatic heterocycles. The van der Waals surface area contributed by atoms with Gasteiger partial charge in [0.25, 0.3) is 0 Å². The highest BCUT2D eigenvalue weighted by Gasteiger charge is 2.27. The summed E-state index contributed by atoms with van der Waals surface area (Å²) >= 11 is 5.93. The summed E-state index contributed by atoms with van der Waals surface area (Å²) in [4.78, 5) is 24.6. The minimum Gasteiger partial charge on any atom is -0.496 e. The average Bonchev–Trinajstić information content (AvgIpc) is 3.00. The molecular weight excluding hydrogens is 320 g/mol. The highest BCUT2D eigenvalue weighted by atomic mass is 35.5. The first-order valence-corrected chi connectivity index (χ1v) is 7.63.